The first-order valence-corrected chi connectivity index (χ1v) is 9.20. The first kappa shape index (κ1) is 19.5. The first-order valence-electron chi connectivity index (χ1n) is 9.20. The van der Waals surface area contributed by atoms with E-state index in [1.807, 2.05) is 18.2 Å². The topological polar surface area (TPSA) is 90.5 Å². The number of alkyl halides is 2. The Morgan fingerprint density at radius 1 is 1.22 bits per heavy atom. The van der Waals surface area contributed by atoms with Crippen molar-refractivity contribution in [1.29, 1.82) is 0 Å². The number of urea groups is 1. The number of hydrogen-bond donors (Lipinski definition) is 4. The molecule has 0 spiro atoms. The van der Waals surface area contributed by atoms with Crippen LogP contribution in [0.4, 0.5) is 13.6 Å². The van der Waals surface area contributed by atoms with E-state index in [0.29, 0.717) is 12.5 Å². The van der Waals surface area contributed by atoms with Crippen LogP contribution in [0.25, 0.3) is 0 Å². The van der Waals surface area contributed by atoms with Crippen LogP contribution >= 0.6 is 0 Å². The number of benzene rings is 1. The standard InChI is InChI=1S/C19H25F2N3O3/c20-19(21)7-6-15(24-16(19)26)10-22-17(27)23-11-18(12-25)8-14(9-18)13-4-2-1-3-5-13/h1-5,14-15,25H,6-12H2,(H,24,26)(H2,22,23,27). The van der Waals surface area contributed by atoms with E-state index in [4.69, 9.17) is 0 Å². The molecule has 1 atom stereocenters. The molecule has 1 heterocycles. The fourth-order valence-electron chi connectivity index (χ4n) is 3.81. The minimum atomic E-state index is -3.33. The summed E-state index contributed by atoms with van der Waals surface area (Å²) in [6.45, 7) is 0.421. The average Bonchev–Trinajstić information content (AvgIpc) is 2.63. The maximum atomic E-state index is 13.1. The predicted octanol–water partition coefficient (Wildman–Crippen LogP) is 1.76. The van der Waals surface area contributed by atoms with Gasteiger partial charge in [0.25, 0.3) is 5.91 Å². The fourth-order valence-corrected chi connectivity index (χ4v) is 3.81. The van der Waals surface area contributed by atoms with Gasteiger partial charge in [0.05, 0.1) is 6.61 Å². The highest BCUT2D eigenvalue weighted by Gasteiger charge is 2.45. The van der Waals surface area contributed by atoms with E-state index in [2.05, 4.69) is 28.1 Å². The number of halogens is 2. The lowest BCUT2D eigenvalue weighted by molar-refractivity contribution is -0.151. The lowest BCUT2D eigenvalue weighted by atomic mass is 9.60. The molecule has 1 aliphatic heterocycles. The van der Waals surface area contributed by atoms with Crippen molar-refractivity contribution in [2.45, 2.75) is 43.6 Å². The Balaban J connectivity index is 1.39. The molecule has 1 aliphatic carbocycles. The number of piperidine rings is 1. The van der Waals surface area contributed by atoms with Gasteiger partial charge in [0.15, 0.2) is 0 Å². The highest BCUT2D eigenvalue weighted by Crippen LogP contribution is 2.50. The summed E-state index contributed by atoms with van der Waals surface area (Å²) in [4.78, 5) is 23.2. The average molecular weight is 381 g/mol. The highest BCUT2D eigenvalue weighted by molar-refractivity contribution is 5.84. The van der Waals surface area contributed by atoms with Gasteiger partial charge in [0.2, 0.25) is 0 Å². The zero-order valence-electron chi connectivity index (χ0n) is 15.0. The molecule has 27 heavy (non-hydrogen) atoms. The molecule has 148 valence electrons. The summed E-state index contributed by atoms with van der Waals surface area (Å²) in [6, 6.07) is 9.13. The SMILES string of the molecule is O=C(NCC1CCC(F)(F)C(=O)N1)NCC1(CO)CC(c2ccccc2)C1. The Morgan fingerprint density at radius 2 is 1.93 bits per heavy atom. The number of nitrogens with one attached hydrogen (secondary N) is 3. The van der Waals surface area contributed by atoms with Crippen LogP contribution in [0.5, 0.6) is 0 Å². The summed E-state index contributed by atoms with van der Waals surface area (Å²) >= 11 is 0. The van der Waals surface area contributed by atoms with Gasteiger partial charge in [-0.05, 0) is 30.7 Å². The lowest BCUT2D eigenvalue weighted by Gasteiger charge is -2.47. The summed E-state index contributed by atoms with van der Waals surface area (Å²) in [5.41, 5.74) is 0.898. The first-order chi connectivity index (χ1) is 12.8. The molecular weight excluding hydrogens is 356 g/mol. The lowest BCUT2D eigenvalue weighted by Crippen LogP contribution is -2.55. The van der Waals surface area contributed by atoms with Crippen LogP contribution in [-0.2, 0) is 4.79 Å². The second-order valence-electron chi connectivity index (χ2n) is 7.65. The van der Waals surface area contributed by atoms with Gasteiger partial charge in [0.1, 0.15) is 0 Å². The van der Waals surface area contributed by atoms with E-state index in [9.17, 15) is 23.5 Å². The highest BCUT2D eigenvalue weighted by atomic mass is 19.3. The summed E-state index contributed by atoms with van der Waals surface area (Å²) in [5, 5.41) is 17.3. The molecule has 8 heteroatoms. The summed E-state index contributed by atoms with van der Waals surface area (Å²) in [5.74, 6) is -4.24. The molecule has 2 aliphatic rings. The van der Waals surface area contributed by atoms with Crippen molar-refractivity contribution in [3.63, 3.8) is 0 Å². The fraction of sp³-hybridized carbons (Fsp3) is 0.579. The van der Waals surface area contributed by atoms with E-state index < -0.39 is 30.3 Å². The minimum absolute atomic E-state index is 0.00955. The van der Waals surface area contributed by atoms with Crippen molar-refractivity contribution < 1.29 is 23.5 Å². The summed E-state index contributed by atoms with van der Waals surface area (Å²) < 4.78 is 26.3. The van der Waals surface area contributed by atoms with Gasteiger partial charge >= 0.3 is 12.0 Å². The predicted molar refractivity (Wildman–Crippen MR) is 95.4 cm³/mol. The molecule has 3 rings (SSSR count). The zero-order chi connectivity index (χ0) is 19.5. The third-order valence-corrected chi connectivity index (χ3v) is 5.57. The molecule has 1 saturated heterocycles. The molecular formula is C19H25F2N3O3. The van der Waals surface area contributed by atoms with E-state index in [-0.39, 0.29) is 25.0 Å². The molecule has 4 N–H and O–H groups in total. The third-order valence-electron chi connectivity index (χ3n) is 5.57. The van der Waals surface area contributed by atoms with Crippen LogP contribution < -0.4 is 16.0 Å². The Hall–Kier alpha value is -2.22. The quantitative estimate of drug-likeness (QED) is 0.605. The summed E-state index contributed by atoms with van der Waals surface area (Å²) in [6.07, 6.45) is 1.18. The molecule has 1 aromatic carbocycles. The van der Waals surface area contributed by atoms with Gasteiger partial charge in [-0.25, -0.2) is 4.79 Å². The van der Waals surface area contributed by atoms with Gasteiger partial charge in [-0.1, -0.05) is 30.3 Å². The van der Waals surface area contributed by atoms with E-state index in [1.54, 1.807) is 0 Å². The number of carbonyl (C=O) groups is 2. The molecule has 0 aromatic heterocycles. The molecule has 3 amide bonds. The Bertz CT molecular complexity index is 678. The molecule has 6 nitrogen and oxygen atoms in total. The third kappa shape index (κ3) is 4.55. The minimum Gasteiger partial charge on any atom is -0.396 e. The molecule has 2 fully saturated rings. The summed E-state index contributed by atoms with van der Waals surface area (Å²) in [7, 11) is 0. The van der Waals surface area contributed by atoms with Crippen molar-refractivity contribution >= 4 is 11.9 Å². The van der Waals surface area contributed by atoms with E-state index >= 15 is 0 Å². The number of carbonyl (C=O) groups excluding carboxylic acids is 2. The van der Waals surface area contributed by atoms with Crippen LogP contribution in [-0.4, -0.2) is 48.7 Å². The number of amides is 3. The maximum Gasteiger partial charge on any atom is 0.324 e. The second kappa shape index (κ2) is 7.80. The smallest absolute Gasteiger partial charge is 0.324 e. The molecule has 1 aromatic rings. The Kier molecular flexibility index (Phi) is 5.64. The van der Waals surface area contributed by atoms with Crippen LogP contribution in [0.3, 0.4) is 0 Å². The zero-order valence-corrected chi connectivity index (χ0v) is 15.0. The number of aliphatic hydroxyl groups is 1. The Labute approximate surface area is 156 Å². The normalized spacial score (nSPS) is 29.4. The van der Waals surface area contributed by atoms with Gasteiger partial charge in [0, 0.05) is 31.0 Å². The second-order valence-corrected chi connectivity index (χ2v) is 7.65. The van der Waals surface area contributed by atoms with Gasteiger partial charge in [-0.3, -0.25) is 4.79 Å². The molecule has 1 unspecified atom stereocenters. The van der Waals surface area contributed by atoms with Crippen LogP contribution in [0.15, 0.2) is 30.3 Å². The van der Waals surface area contributed by atoms with Crippen LogP contribution in [0.2, 0.25) is 0 Å². The van der Waals surface area contributed by atoms with Gasteiger partial charge in [-0.15, -0.1) is 0 Å². The van der Waals surface area contributed by atoms with Crippen molar-refractivity contribution in [1.82, 2.24) is 16.0 Å². The molecule has 0 radical (unpaired) electrons. The Morgan fingerprint density at radius 3 is 2.56 bits per heavy atom. The van der Waals surface area contributed by atoms with Crippen LogP contribution in [0, 0.1) is 5.41 Å². The van der Waals surface area contributed by atoms with Crippen LogP contribution in [0.1, 0.15) is 37.2 Å². The van der Waals surface area contributed by atoms with Crippen molar-refractivity contribution in [2.24, 2.45) is 5.41 Å². The largest absolute Gasteiger partial charge is 0.396 e. The maximum absolute atomic E-state index is 13.1. The van der Waals surface area contributed by atoms with Crippen molar-refractivity contribution in [3.05, 3.63) is 35.9 Å². The number of rotatable bonds is 6. The van der Waals surface area contributed by atoms with Crippen molar-refractivity contribution in [3.8, 4) is 0 Å². The monoisotopic (exact) mass is 381 g/mol. The van der Waals surface area contributed by atoms with Gasteiger partial charge < -0.3 is 21.1 Å². The van der Waals surface area contributed by atoms with E-state index in [0.717, 1.165) is 12.8 Å². The van der Waals surface area contributed by atoms with Gasteiger partial charge in [-0.2, -0.15) is 8.78 Å². The number of hydrogen-bond acceptors (Lipinski definition) is 3. The number of aliphatic hydroxyl groups excluding tert-OH is 1. The molecule has 0 bridgehead atoms. The van der Waals surface area contributed by atoms with Crippen molar-refractivity contribution in [2.75, 3.05) is 19.7 Å². The van der Waals surface area contributed by atoms with E-state index in [1.165, 1.54) is 5.56 Å². The molecule has 1 saturated carbocycles.